The molecule has 1 aromatic heterocycles. The zero-order chi connectivity index (χ0) is 20.7. The van der Waals surface area contributed by atoms with Crippen LogP contribution in [0.5, 0.6) is 0 Å². The zero-order valence-corrected chi connectivity index (χ0v) is 17.2. The Morgan fingerprint density at radius 3 is 2.45 bits per heavy atom. The lowest BCUT2D eigenvalue weighted by Gasteiger charge is -2.27. The molecule has 1 saturated heterocycles. The molecule has 158 valence electrons. The number of hydrogen-bond donors (Lipinski definition) is 2. The molecule has 1 aromatic carbocycles. The highest BCUT2D eigenvalue weighted by molar-refractivity contribution is 7.09. The summed E-state index contributed by atoms with van der Waals surface area (Å²) in [5, 5.41) is 7.67. The van der Waals surface area contributed by atoms with Crippen LogP contribution in [0.3, 0.4) is 0 Å². The Labute approximate surface area is 173 Å². The van der Waals surface area contributed by atoms with Crippen molar-refractivity contribution in [3.05, 3.63) is 51.5 Å². The molecule has 0 radical (unpaired) electrons. The fourth-order valence-corrected chi connectivity index (χ4v) is 4.06. The third-order valence-corrected chi connectivity index (χ3v) is 5.73. The Kier molecular flexibility index (Phi) is 7.49. The highest BCUT2D eigenvalue weighted by atomic mass is 32.1. The quantitative estimate of drug-likeness (QED) is 0.542. The molecule has 1 fully saturated rings. The summed E-state index contributed by atoms with van der Waals surface area (Å²) in [5.41, 5.74) is 1.62. The van der Waals surface area contributed by atoms with Gasteiger partial charge in [-0.1, -0.05) is 30.7 Å². The molecule has 0 atom stereocenters. The molecule has 0 spiro atoms. The van der Waals surface area contributed by atoms with Crippen LogP contribution >= 0.6 is 11.3 Å². The number of halogens is 3. The van der Waals surface area contributed by atoms with E-state index in [4.69, 9.17) is 0 Å². The molecule has 2 aromatic rings. The first kappa shape index (κ1) is 21.6. The maximum absolute atomic E-state index is 12.7. The Balaban J connectivity index is 1.53. The number of hydrogen-bond acceptors (Lipinski definition) is 4. The molecule has 0 saturated carbocycles. The number of guanidine groups is 1. The molecule has 0 bridgehead atoms. The number of aromatic nitrogens is 1. The molecule has 3 rings (SSSR count). The van der Waals surface area contributed by atoms with Crippen molar-refractivity contribution >= 4 is 17.3 Å². The minimum Gasteiger partial charge on any atom is -0.352 e. The van der Waals surface area contributed by atoms with Crippen molar-refractivity contribution < 1.29 is 13.2 Å². The van der Waals surface area contributed by atoms with Gasteiger partial charge in [0.15, 0.2) is 11.7 Å². The smallest absolute Gasteiger partial charge is 0.352 e. The number of thiazole rings is 1. The lowest BCUT2D eigenvalue weighted by atomic mass is 10.0. The fourth-order valence-electron chi connectivity index (χ4n) is 3.32. The number of piperidine rings is 1. The van der Waals surface area contributed by atoms with Crippen molar-refractivity contribution in [2.75, 3.05) is 20.1 Å². The summed E-state index contributed by atoms with van der Waals surface area (Å²) in [6.07, 6.45) is -0.592. The minimum atomic E-state index is -4.41. The Morgan fingerprint density at radius 1 is 1.10 bits per heavy atom. The first-order valence-electron chi connectivity index (χ1n) is 9.71. The monoisotopic (exact) mass is 425 g/mol. The van der Waals surface area contributed by atoms with Crippen LogP contribution in [0.1, 0.15) is 41.1 Å². The van der Waals surface area contributed by atoms with Crippen molar-refractivity contribution in [1.29, 1.82) is 0 Å². The molecule has 0 aliphatic carbocycles. The third kappa shape index (κ3) is 6.43. The Hall–Kier alpha value is -2.13. The summed E-state index contributed by atoms with van der Waals surface area (Å²) in [4.78, 5) is 10.3. The SMILES string of the molecule is CN=C(NCc1nc(C(F)(F)F)cs1)NCc1ccccc1CN1CCCCC1. The van der Waals surface area contributed by atoms with Gasteiger partial charge in [-0.15, -0.1) is 11.3 Å². The standard InChI is InChI=1S/C20H26F3N5S/c1-24-19(26-12-18-27-17(14-29-18)20(21,22)23)25-11-15-7-3-4-8-16(15)13-28-9-5-2-6-10-28/h3-4,7-8,14H,2,5-6,9-13H2,1H3,(H2,24,25,26). The summed E-state index contributed by atoms with van der Waals surface area (Å²) in [7, 11) is 1.64. The van der Waals surface area contributed by atoms with E-state index >= 15 is 0 Å². The van der Waals surface area contributed by atoms with Gasteiger partial charge in [-0.2, -0.15) is 13.2 Å². The molecule has 0 unspecified atom stereocenters. The van der Waals surface area contributed by atoms with E-state index in [1.807, 2.05) is 6.07 Å². The van der Waals surface area contributed by atoms with Crippen LogP contribution in [0.15, 0.2) is 34.6 Å². The fraction of sp³-hybridized carbons (Fsp3) is 0.500. The van der Waals surface area contributed by atoms with Crippen LogP contribution in [0.2, 0.25) is 0 Å². The summed E-state index contributed by atoms with van der Waals surface area (Å²) >= 11 is 0.983. The van der Waals surface area contributed by atoms with Gasteiger partial charge in [0.1, 0.15) is 5.01 Å². The van der Waals surface area contributed by atoms with Gasteiger partial charge in [0.2, 0.25) is 0 Å². The third-order valence-electron chi connectivity index (χ3n) is 4.88. The summed E-state index contributed by atoms with van der Waals surface area (Å²) < 4.78 is 38.0. The Morgan fingerprint density at radius 2 is 1.79 bits per heavy atom. The van der Waals surface area contributed by atoms with Crippen LogP contribution in [-0.2, 0) is 25.8 Å². The zero-order valence-electron chi connectivity index (χ0n) is 16.4. The van der Waals surface area contributed by atoms with E-state index in [-0.39, 0.29) is 6.54 Å². The molecular formula is C20H26F3N5S. The second-order valence-electron chi connectivity index (χ2n) is 7.01. The van der Waals surface area contributed by atoms with Crippen LogP contribution in [0, 0.1) is 0 Å². The topological polar surface area (TPSA) is 52.6 Å². The van der Waals surface area contributed by atoms with Gasteiger partial charge in [0.05, 0.1) is 6.54 Å². The maximum Gasteiger partial charge on any atom is 0.434 e. The summed E-state index contributed by atoms with van der Waals surface area (Å²) in [6.45, 7) is 3.99. The predicted molar refractivity (Wildman–Crippen MR) is 110 cm³/mol. The van der Waals surface area contributed by atoms with E-state index in [2.05, 4.69) is 43.7 Å². The number of rotatable bonds is 6. The summed E-state index contributed by atoms with van der Waals surface area (Å²) in [6, 6.07) is 8.31. The molecular weight excluding hydrogens is 399 g/mol. The minimum absolute atomic E-state index is 0.190. The van der Waals surface area contributed by atoms with Crippen LogP contribution in [-0.4, -0.2) is 36.0 Å². The first-order chi connectivity index (χ1) is 14.0. The molecule has 2 N–H and O–H groups in total. The largest absolute Gasteiger partial charge is 0.434 e. The van der Waals surface area contributed by atoms with Crippen LogP contribution in [0.25, 0.3) is 0 Å². The van der Waals surface area contributed by atoms with E-state index in [1.54, 1.807) is 7.05 Å². The molecule has 0 amide bonds. The molecule has 29 heavy (non-hydrogen) atoms. The normalized spacial score (nSPS) is 16.1. The van der Waals surface area contributed by atoms with Gasteiger partial charge >= 0.3 is 6.18 Å². The van der Waals surface area contributed by atoms with Crippen molar-refractivity contribution in [2.24, 2.45) is 4.99 Å². The number of likely N-dealkylation sites (tertiary alicyclic amines) is 1. The number of nitrogens with one attached hydrogen (secondary N) is 2. The molecule has 2 heterocycles. The van der Waals surface area contributed by atoms with E-state index in [1.165, 1.54) is 30.4 Å². The lowest BCUT2D eigenvalue weighted by molar-refractivity contribution is -0.140. The summed E-state index contributed by atoms with van der Waals surface area (Å²) in [5.74, 6) is 0.529. The lowest BCUT2D eigenvalue weighted by Crippen LogP contribution is -2.36. The van der Waals surface area contributed by atoms with Gasteiger partial charge in [-0.3, -0.25) is 9.89 Å². The predicted octanol–water partition coefficient (Wildman–Crippen LogP) is 4.01. The number of aliphatic imine (C=N–C) groups is 1. The van der Waals surface area contributed by atoms with Gasteiger partial charge in [0.25, 0.3) is 0 Å². The maximum atomic E-state index is 12.7. The molecule has 1 aliphatic rings. The van der Waals surface area contributed by atoms with E-state index in [0.29, 0.717) is 17.5 Å². The van der Waals surface area contributed by atoms with Crippen molar-refractivity contribution in [3.8, 4) is 0 Å². The van der Waals surface area contributed by atoms with Gasteiger partial charge in [-0.05, 0) is 37.1 Å². The molecule has 5 nitrogen and oxygen atoms in total. The van der Waals surface area contributed by atoms with Gasteiger partial charge < -0.3 is 10.6 Å². The van der Waals surface area contributed by atoms with E-state index < -0.39 is 11.9 Å². The van der Waals surface area contributed by atoms with Gasteiger partial charge in [-0.25, -0.2) is 4.98 Å². The van der Waals surface area contributed by atoms with Crippen molar-refractivity contribution in [2.45, 2.75) is 45.1 Å². The molecule has 9 heteroatoms. The van der Waals surface area contributed by atoms with Crippen molar-refractivity contribution in [1.82, 2.24) is 20.5 Å². The first-order valence-corrected chi connectivity index (χ1v) is 10.6. The Bertz CT molecular complexity index is 812. The van der Waals surface area contributed by atoms with E-state index in [0.717, 1.165) is 36.4 Å². The van der Waals surface area contributed by atoms with Crippen molar-refractivity contribution in [3.63, 3.8) is 0 Å². The number of benzene rings is 1. The van der Waals surface area contributed by atoms with Crippen LogP contribution < -0.4 is 10.6 Å². The second-order valence-corrected chi connectivity index (χ2v) is 7.95. The highest BCUT2D eigenvalue weighted by Crippen LogP contribution is 2.29. The number of nitrogens with zero attached hydrogens (tertiary/aromatic N) is 3. The number of alkyl halides is 3. The molecule has 1 aliphatic heterocycles. The van der Waals surface area contributed by atoms with E-state index in [9.17, 15) is 13.2 Å². The average Bonchev–Trinajstić information content (AvgIpc) is 3.20. The highest BCUT2D eigenvalue weighted by Gasteiger charge is 2.33. The second kappa shape index (κ2) is 10.1. The average molecular weight is 426 g/mol. The van der Waals surface area contributed by atoms with Crippen LogP contribution in [0.4, 0.5) is 13.2 Å². The van der Waals surface area contributed by atoms with Gasteiger partial charge in [0, 0.05) is 25.5 Å².